The molecule has 2 fully saturated rings. The average Bonchev–Trinajstić information content (AvgIpc) is 3.15. The van der Waals surface area contributed by atoms with Crippen molar-refractivity contribution in [1.29, 1.82) is 0 Å². The maximum absolute atomic E-state index is 12.8. The molecular weight excluding hydrogens is 471 g/mol. The molecule has 1 unspecified atom stereocenters. The predicted molar refractivity (Wildman–Crippen MR) is 124 cm³/mol. The number of nitrogens with zero attached hydrogens (tertiary/aromatic N) is 2. The number of piperidine rings is 1. The molecule has 1 atom stereocenters. The van der Waals surface area contributed by atoms with Crippen molar-refractivity contribution >= 4 is 29.3 Å². The first-order valence-electron chi connectivity index (χ1n) is 11.0. The number of carboxylic acid groups (broad SMARTS) is 1. The number of anilines is 1. The Morgan fingerprint density at radius 3 is 2.29 bits per heavy atom. The SMILES string of the molecule is O=C(Nc1ccccc1)N1CCCC2(CCCN2Cc2cccc(Cl)c2)C1.O=C(O)C(F)(F)F. The van der Waals surface area contributed by atoms with E-state index in [0.717, 1.165) is 56.2 Å². The van der Waals surface area contributed by atoms with Crippen molar-refractivity contribution in [1.82, 2.24) is 9.80 Å². The number of carboxylic acids is 1. The lowest BCUT2D eigenvalue weighted by atomic mass is 9.86. The van der Waals surface area contributed by atoms with E-state index in [4.69, 9.17) is 21.5 Å². The summed E-state index contributed by atoms with van der Waals surface area (Å²) in [4.78, 5) is 26.3. The van der Waals surface area contributed by atoms with Crippen molar-refractivity contribution in [2.75, 3.05) is 25.0 Å². The fourth-order valence-corrected chi connectivity index (χ4v) is 4.78. The number of nitrogens with one attached hydrogen (secondary N) is 1. The molecule has 2 amide bonds. The number of alkyl halides is 3. The molecule has 2 aliphatic rings. The average molecular weight is 498 g/mol. The van der Waals surface area contributed by atoms with E-state index >= 15 is 0 Å². The highest BCUT2D eigenvalue weighted by molar-refractivity contribution is 6.30. The quantitative estimate of drug-likeness (QED) is 0.576. The maximum atomic E-state index is 12.8. The standard InChI is InChI=1S/C22H26ClN3O.C2HF3O2/c23-19-8-4-7-18(15-19)16-26-14-6-12-22(26)11-5-13-25(17-22)21(27)24-20-9-2-1-3-10-20;3-2(4,5)1(6)7/h1-4,7-10,15H,5-6,11-14,16-17H2,(H,24,27);(H,6,7). The largest absolute Gasteiger partial charge is 0.490 e. The molecule has 0 saturated carbocycles. The molecule has 2 aliphatic heterocycles. The third-order valence-electron chi connectivity index (χ3n) is 6.11. The van der Waals surface area contributed by atoms with Crippen LogP contribution in [0.1, 0.15) is 31.2 Å². The Morgan fingerprint density at radius 1 is 1.03 bits per heavy atom. The van der Waals surface area contributed by atoms with Crippen molar-refractivity contribution in [3.63, 3.8) is 0 Å². The van der Waals surface area contributed by atoms with E-state index in [0.29, 0.717) is 0 Å². The van der Waals surface area contributed by atoms with Crippen molar-refractivity contribution in [2.45, 2.75) is 43.9 Å². The molecule has 0 aliphatic carbocycles. The minimum Gasteiger partial charge on any atom is -0.475 e. The summed E-state index contributed by atoms with van der Waals surface area (Å²) in [6.07, 6.45) is -0.533. The Bertz CT molecular complexity index is 990. The van der Waals surface area contributed by atoms with Crippen molar-refractivity contribution in [3.8, 4) is 0 Å². The second-order valence-corrected chi connectivity index (χ2v) is 8.94. The molecule has 34 heavy (non-hydrogen) atoms. The zero-order valence-electron chi connectivity index (χ0n) is 18.5. The lowest BCUT2D eigenvalue weighted by molar-refractivity contribution is -0.192. The number of rotatable bonds is 3. The van der Waals surface area contributed by atoms with Crippen LogP contribution in [0.4, 0.5) is 23.7 Å². The van der Waals surface area contributed by atoms with Crippen LogP contribution >= 0.6 is 11.6 Å². The molecule has 10 heteroatoms. The Morgan fingerprint density at radius 2 is 1.68 bits per heavy atom. The molecule has 2 aromatic rings. The van der Waals surface area contributed by atoms with Gasteiger partial charge in [0.05, 0.1) is 0 Å². The summed E-state index contributed by atoms with van der Waals surface area (Å²) in [5, 5.41) is 11.0. The normalized spacial score (nSPS) is 20.5. The molecule has 4 rings (SSSR count). The lowest BCUT2D eigenvalue weighted by Crippen LogP contribution is -2.57. The number of hydrogen-bond acceptors (Lipinski definition) is 3. The summed E-state index contributed by atoms with van der Waals surface area (Å²) in [5.74, 6) is -2.76. The number of benzene rings is 2. The van der Waals surface area contributed by atoms with Gasteiger partial charge in [0.2, 0.25) is 0 Å². The summed E-state index contributed by atoms with van der Waals surface area (Å²) in [6.45, 7) is 3.60. The van der Waals surface area contributed by atoms with E-state index < -0.39 is 12.1 Å². The van der Waals surface area contributed by atoms with Crippen LogP contribution < -0.4 is 5.32 Å². The summed E-state index contributed by atoms with van der Waals surface area (Å²) in [6, 6.07) is 17.8. The van der Waals surface area contributed by atoms with Gasteiger partial charge in [0, 0.05) is 35.9 Å². The van der Waals surface area contributed by atoms with Crippen LogP contribution in [0.15, 0.2) is 54.6 Å². The fourth-order valence-electron chi connectivity index (χ4n) is 4.57. The second kappa shape index (κ2) is 11.1. The first-order chi connectivity index (χ1) is 16.1. The molecule has 184 valence electrons. The third kappa shape index (κ3) is 6.87. The number of halogens is 4. The van der Waals surface area contributed by atoms with Crippen LogP contribution in [0.5, 0.6) is 0 Å². The van der Waals surface area contributed by atoms with Crippen LogP contribution in [-0.4, -0.2) is 58.3 Å². The number of carbonyl (C=O) groups is 2. The fraction of sp³-hybridized carbons (Fsp3) is 0.417. The zero-order valence-corrected chi connectivity index (χ0v) is 19.3. The van der Waals surface area contributed by atoms with E-state index in [1.165, 1.54) is 12.0 Å². The highest BCUT2D eigenvalue weighted by atomic mass is 35.5. The minimum atomic E-state index is -5.08. The number of hydrogen-bond donors (Lipinski definition) is 2. The van der Waals surface area contributed by atoms with Gasteiger partial charge < -0.3 is 15.3 Å². The molecule has 0 aromatic heterocycles. The van der Waals surface area contributed by atoms with Gasteiger partial charge in [-0.1, -0.05) is 41.9 Å². The van der Waals surface area contributed by atoms with Crippen LogP contribution in [0.2, 0.25) is 5.02 Å². The van der Waals surface area contributed by atoms with Gasteiger partial charge >= 0.3 is 18.2 Å². The lowest BCUT2D eigenvalue weighted by Gasteiger charge is -2.46. The number of urea groups is 1. The Labute approximate surface area is 201 Å². The van der Waals surface area contributed by atoms with Crippen molar-refractivity contribution in [3.05, 3.63) is 65.2 Å². The van der Waals surface area contributed by atoms with Gasteiger partial charge in [0.1, 0.15) is 0 Å². The third-order valence-corrected chi connectivity index (χ3v) is 6.35. The molecular formula is C24H27ClF3N3O3. The Kier molecular flexibility index (Phi) is 8.43. The smallest absolute Gasteiger partial charge is 0.475 e. The first-order valence-corrected chi connectivity index (χ1v) is 11.4. The number of amides is 2. The van der Waals surface area contributed by atoms with E-state index in [2.05, 4.69) is 22.3 Å². The van der Waals surface area contributed by atoms with Crippen molar-refractivity contribution < 1.29 is 27.9 Å². The van der Waals surface area contributed by atoms with Gasteiger partial charge in [0.15, 0.2) is 0 Å². The first kappa shape index (κ1) is 25.8. The maximum Gasteiger partial charge on any atom is 0.490 e. The van der Waals surface area contributed by atoms with Crippen molar-refractivity contribution in [2.24, 2.45) is 0 Å². The number of aliphatic carboxylic acids is 1. The van der Waals surface area contributed by atoms with Crippen LogP contribution in [-0.2, 0) is 11.3 Å². The Hall–Kier alpha value is -2.78. The second-order valence-electron chi connectivity index (χ2n) is 8.50. The topological polar surface area (TPSA) is 72.9 Å². The summed E-state index contributed by atoms with van der Waals surface area (Å²) in [7, 11) is 0. The number of carbonyl (C=O) groups excluding carboxylic acids is 1. The zero-order chi connectivity index (χ0) is 24.8. The van der Waals surface area contributed by atoms with Gasteiger partial charge in [-0.05, 0) is 62.1 Å². The van der Waals surface area contributed by atoms with Gasteiger partial charge in [-0.3, -0.25) is 4.90 Å². The number of likely N-dealkylation sites (tertiary alicyclic amines) is 2. The predicted octanol–water partition coefficient (Wildman–Crippen LogP) is 5.64. The van der Waals surface area contributed by atoms with Crippen LogP contribution in [0.3, 0.4) is 0 Å². The summed E-state index contributed by atoms with van der Waals surface area (Å²) in [5.41, 5.74) is 2.19. The molecule has 2 N–H and O–H groups in total. The molecule has 6 nitrogen and oxygen atoms in total. The van der Waals surface area contributed by atoms with E-state index in [-0.39, 0.29) is 11.6 Å². The molecule has 0 radical (unpaired) electrons. The van der Waals surface area contributed by atoms with E-state index in [1.807, 2.05) is 47.4 Å². The minimum absolute atomic E-state index is 0.00915. The van der Waals surface area contributed by atoms with Gasteiger partial charge in [-0.2, -0.15) is 13.2 Å². The highest BCUT2D eigenvalue weighted by Gasteiger charge is 2.44. The van der Waals surface area contributed by atoms with Gasteiger partial charge in [-0.25, -0.2) is 9.59 Å². The molecule has 0 bridgehead atoms. The van der Waals surface area contributed by atoms with E-state index in [1.54, 1.807) is 0 Å². The van der Waals surface area contributed by atoms with Crippen LogP contribution in [0, 0.1) is 0 Å². The summed E-state index contributed by atoms with van der Waals surface area (Å²) >= 11 is 6.17. The molecule has 2 saturated heterocycles. The van der Waals surface area contributed by atoms with Gasteiger partial charge in [-0.15, -0.1) is 0 Å². The highest BCUT2D eigenvalue weighted by Crippen LogP contribution is 2.38. The Balaban J connectivity index is 0.000000406. The summed E-state index contributed by atoms with van der Waals surface area (Å²) < 4.78 is 31.7. The number of para-hydroxylation sites is 1. The monoisotopic (exact) mass is 497 g/mol. The molecule has 2 aromatic carbocycles. The van der Waals surface area contributed by atoms with Crippen LogP contribution in [0.25, 0.3) is 0 Å². The molecule has 1 spiro atoms. The van der Waals surface area contributed by atoms with E-state index in [9.17, 15) is 18.0 Å². The molecule has 2 heterocycles. The van der Waals surface area contributed by atoms with Gasteiger partial charge in [0.25, 0.3) is 0 Å².